The summed E-state index contributed by atoms with van der Waals surface area (Å²) in [6, 6.07) is 64.3. The molecule has 0 radical (unpaired) electrons. The van der Waals surface area contributed by atoms with Gasteiger partial charge in [0.2, 0.25) is 0 Å². The highest BCUT2D eigenvalue weighted by atomic mass is 15.1. The molecule has 234 valence electrons. The second-order valence-electron chi connectivity index (χ2n) is 12.6. The van der Waals surface area contributed by atoms with E-state index in [0.29, 0.717) is 5.82 Å². The van der Waals surface area contributed by atoms with Crippen LogP contribution in [0.15, 0.2) is 182 Å². The first-order chi connectivity index (χ1) is 24.8. The Kier molecular flexibility index (Phi) is 6.46. The molecule has 0 unspecified atom stereocenters. The van der Waals surface area contributed by atoms with E-state index < -0.39 is 0 Å². The van der Waals surface area contributed by atoms with Crippen molar-refractivity contribution in [3.05, 3.63) is 182 Å². The van der Waals surface area contributed by atoms with E-state index in [9.17, 15) is 0 Å². The van der Waals surface area contributed by atoms with Gasteiger partial charge in [-0.15, -0.1) is 0 Å². The molecule has 0 atom stereocenters. The highest BCUT2D eigenvalue weighted by Crippen LogP contribution is 2.41. The third-order valence-corrected chi connectivity index (χ3v) is 9.74. The van der Waals surface area contributed by atoms with Crippen LogP contribution >= 0.6 is 0 Å². The molecule has 0 spiro atoms. The summed E-state index contributed by atoms with van der Waals surface area (Å²) in [5.41, 5.74) is 11.1. The lowest BCUT2D eigenvalue weighted by Crippen LogP contribution is -2.02. The van der Waals surface area contributed by atoms with Crippen molar-refractivity contribution >= 4 is 43.6 Å². The Hall–Kier alpha value is -6.78. The van der Waals surface area contributed by atoms with Crippen molar-refractivity contribution in [1.29, 1.82) is 0 Å². The predicted molar refractivity (Wildman–Crippen MR) is 207 cm³/mol. The van der Waals surface area contributed by atoms with Gasteiger partial charge in [0, 0.05) is 44.4 Å². The van der Waals surface area contributed by atoms with Crippen LogP contribution in [0, 0.1) is 0 Å². The molecule has 4 nitrogen and oxygen atoms in total. The number of rotatable bonds is 5. The van der Waals surface area contributed by atoms with Gasteiger partial charge in [0.15, 0.2) is 5.82 Å². The Morgan fingerprint density at radius 3 is 1.72 bits per heavy atom. The fourth-order valence-corrected chi connectivity index (χ4v) is 7.52. The van der Waals surface area contributed by atoms with Gasteiger partial charge in [-0.05, 0) is 53.6 Å². The first kappa shape index (κ1) is 28.3. The molecule has 3 heterocycles. The van der Waals surface area contributed by atoms with Gasteiger partial charge < -0.3 is 4.57 Å². The van der Waals surface area contributed by atoms with Gasteiger partial charge in [0.1, 0.15) is 5.82 Å². The standard InChI is InChI=1S/C46H30N4/c1-4-15-31(16-5-1)39-30-44(48-46(47-39)32-17-6-2-7-18-32)50-40-24-12-10-21-36(40)38-29-33(27-28-42(38)50)35-23-14-26-43-45(35)37-22-11-13-25-41(37)49(43)34-19-8-3-9-20-34/h1-30H. The molecule has 50 heavy (non-hydrogen) atoms. The highest BCUT2D eigenvalue weighted by molar-refractivity contribution is 6.17. The molecule has 0 saturated carbocycles. The molecule has 4 heteroatoms. The molecule has 3 aromatic heterocycles. The zero-order valence-corrected chi connectivity index (χ0v) is 27.1. The monoisotopic (exact) mass is 638 g/mol. The summed E-state index contributed by atoms with van der Waals surface area (Å²) in [6.45, 7) is 0. The van der Waals surface area contributed by atoms with Crippen LogP contribution in [-0.2, 0) is 0 Å². The van der Waals surface area contributed by atoms with E-state index in [1.54, 1.807) is 0 Å². The number of fused-ring (bicyclic) bond motifs is 6. The van der Waals surface area contributed by atoms with Crippen LogP contribution in [0.1, 0.15) is 0 Å². The molecular formula is C46H30N4. The minimum atomic E-state index is 0.700. The van der Waals surface area contributed by atoms with E-state index in [-0.39, 0.29) is 0 Å². The van der Waals surface area contributed by atoms with Crippen molar-refractivity contribution in [2.75, 3.05) is 0 Å². The lowest BCUT2D eigenvalue weighted by atomic mass is 9.98. The largest absolute Gasteiger partial charge is 0.309 e. The summed E-state index contributed by atoms with van der Waals surface area (Å²) < 4.78 is 4.67. The Morgan fingerprint density at radius 2 is 0.960 bits per heavy atom. The lowest BCUT2D eigenvalue weighted by Gasteiger charge is -2.12. The molecule has 0 aliphatic carbocycles. The van der Waals surface area contributed by atoms with Crippen LogP contribution in [-0.4, -0.2) is 19.1 Å². The smallest absolute Gasteiger partial charge is 0.162 e. The van der Waals surface area contributed by atoms with Gasteiger partial charge in [-0.2, -0.15) is 0 Å². The van der Waals surface area contributed by atoms with Crippen LogP contribution in [0.3, 0.4) is 0 Å². The minimum absolute atomic E-state index is 0.700. The Bertz CT molecular complexity index is 2790. The quantitative estimate of drug-likeness (QED) is 0.188. The van der Waals surface area contributed by atoms with E-state index in [1.807, 2.05) is 24.3 Å². The number of hydrogen-bond donors (Lipinski definition) is 0. The van der Waals surface area contributed by atoms with Gasteiger partial charge in [-0.25, -0.2) is 9.97 Å². The second kappa shape index (κ2) is 11.4. The lowest BCUT2D eigenvalue weighted by molar-refractivity contribution is 1.05. The maximum Gasteiger partial charge on any atom is 0.162 e. The summed E-state index contributed by atoms with van der Waals surface area (Å²) in [4.78, 5) is 10.3. The molecule has 7 aromatic carbocycles. The second-order valence-corrected chi connectivity index (χ2v) is 12.6. The van der Waals surface area contributed by atoms with Gasteiger partial charge in [0.25, 0.3) is 0 Å². The maximum atomic E-state index is 5.21. The van der Waals surface area contributed by atoms with Crippen LogP contribution in [0.4, 0.5) is 0 Å². The zero-order chi connectivity index (χ0) is 33.0. The molecule has 0 amide bonds. The number of benzene rings is 7. The van der Waals surface area contributed by atoms with E-state index in [2.05, 4.69) is 167 Å². The SMILES string of the molecule is c1ccc(-c2cc(-n3c4ccccc4c4cc(-c5cccc6c5c5ccccc5n6-c5ccccc5)ccc43)nc(-c3ccccc3)n2)cc1. The van der Waals surface area contributed by atoms with Crippen LogP contribution in [0.2, 0.25) is 0 Å². The summed E-state index contributed by atoms with van der Waals surface area (Å²) in [5.74, 6) is 1.54. The number of aromatic nitrogens is 4. The summed E-state index contributed by atoms with van der Waals surface area (Å²) in [7, 11) is 0. The number of nitrogens with zero attached hydrogens (tertiary/aromatic N) is 4. The van der Waals surface area contributed by atoms with E-state index in [1.165, 1.54) is 43.7 Å². The first-order valence-corrected chi connectivity index (χ1v) is 16.9. The Labute approximate surface area is 289 Å². The van der Waals surface area contributed by atoms with Gasteiger partial charge in [0.05, 0.1) is 27.8 Å². The summed E-state index contributed by atoms with van der Waals surface area (Å²) >= 11 is 0. The van der Waals surface area contributed by atoms with Crippen molar-refractivity contribution in [3.63, 3.8) is 0 Å². The fraction of sp³-hybridized carbons (Fsp3) is 0. The highest BCUT2D eigenvalue weighted by Gasteiger charge is 2.19. The van der Waals surface area contributed by atoms with Gasteiger partial charge in [-0.3, -0.25) is 4.57 Å². The Morgan fingerprint density at radius 1 is 0.360 bits per heavy atom. The van der Waals surface area contributed by atoms with E-state index >= 15 is 0 Å². The van der Waals surface area contributed by atoms with Crippen molar-refractivity contribution in [2.24, 2.45) is 0 Å². The van der Waals surface area contributed by atoms with Crippen molar-refractivity contribution in [1.82, 2.24) is 19.1 Å². The van der Waals surface area contributed by atoms with Gasteiger partial charge in [-0.1, -0.05) is 133 Å². The van der Waals surface area contributed by atoms with E-state index in [0.717, 1.165) is 39.4 Å². The molecule has 0 bridgehead atoms. The molecule has 0 aliphatic heterocycles. The average molecular weight is 639 g/mol. The van der Waals surface area contributed by atoms with Gasteiger partial charge >= 0.3 is 0 Å². The third-order valence-electron chi connectivity index (χ3n) is 9.74. The normalized spacial score (nSPS) is 11.6. The van der Waals surface area contributed by atoms with Crippen molar-refractivity contribution < 1.29 is 0 Å². The number of para-hydroxylation sites is 3. The first-order valence-electron chi connectivity index (χ1n) is 16.9. The van der Waals surface area contributed by atoms with E-state index in [4.69, 9.17) is 9.97 Å². The zero-order valence-electron chi connectivity index (χ0n) is 27.1. The van der Waals surface area contributed by atoms with Crippen molar-refractivity contribution in [3.8, 4) is 45.3 Å². The maximum absolute atomic E-state index is 5.21. The van der Waals surface area contributed by atoms with Crippen LogP contribution in [0.25, 0.3) is 88.9 Å². The molecule has 10 rings (SSSR count). The third kappa shape index (κ3) is 4.46. The summed E-state index contributed by atoms with van der Waals surface area (Å²) in [5, 5.41) is 4.87. The van der Waals surface area contributed by atoms with Crippen molar-refractivity contribution in [2.45, 2.75) is 0 Å². The predicted octanol–water partition coefficient (Wildman–Crippen LogP) is 11.7. The Balaban J connectivity index is 1.22. The molecule has 10 aromatic rings. The van der Waals surface area contributed by atoms with Crippen LogP contribution < -0.4 is 0 Å². The fourth-order valence-electron chi connectivity index (χ4n) is 7.52. The average Bonchev–Trinajstić information content (AvgIpc) is 3.71. The molecular weight excluding hydrogens is 609 g/mol. The summed E-state index contributed by atoms with van der Waals surface area (Å²) in [6.07, 6.45) is 0. The van der Waals surface area contributed by atoms with Crippen LogP contribution in [0.5, 0.6) is 0 Å². The topological polar surface area (TPSA) is 35.6 Å². The molecule has 0 saturated heterocycles. The molecule has 0 N–H and O–H groups in total. The molecule has 0 fully saturated rings. The molecule has 0 aliphatic rings. The number of hydrogen-bond acceptors (Lipinski definition) is 2. The minimum Gasteiger partial charge on any atom is -0.309 e.